The Labute approximate surface area is 54.5 Å². The van der Waals surface area contributed by atoms with Gasteiger partial charge in [-0.05, 0) is 12.8 Å². The van der Waals surface area contributed by atoms with Crippen LogP contribution < -0.4 is 0 Å². The van der Waals surface area contributed by atoms with E-state index in [4.69, 9.17) is 22.5 Å². The minimum Gasteiger partial charge on any atom is -0.0778 e. The number of rotatable bonds is 1. The van der Waals surface area contributed by atoms with Crippen molar-refractivity contribution in [3.63, 3.8) is 0 Å². The monoisotopic (exact) mass is 156 g/mol. The Morgan fingerprint density at radius 1 is 1.29 bits per heavy atom. The van der Waals surface area contributed by atoms with E-state index in [0.717, 1.165) is 0 Å². The van der Waals surface area contributed by atoms with Crippen molar-refractivity contribution >= 4 is 29.1 Å². The van der Waals surface area contributed by atoms with E-state index in [-0.39, 0.29) is 0 Å². The zero-order valence-electron chi connectivity index (χ0n) is 3.90. The van der Waals surface area contributed by atoms with Gasteiger partial charge in [0, 0.05) is 5.66 Å². The molecule has 1 aliphatic rings. The predicted octanol–water partition coefficient (Wildman–Crippen LogP) is 3.33. The largest absolute Gasteiger partial charge is 0.0886 e. The molecule has 0 N–H and O–H groups in total. The Balaban J connectivity index is 2.14. The highest BCUT2D eigenvalue weighted by atomic mass is 35.9. The van der Waals surface area contributed by atoms with Gasteiger partial charge in [-0.3, -0.25) is 0 Å². The Morgan fingerprint density at radius 3 is 1.86 bits per heavy atom. The van der Waals surface area contributed by atoms with Crippen LogP contribution >= 0.6 is 29.1 Å². The highest BCUT2D eigenvalue weighted by Gasteiger charge is 2.23. The first kappa shape index (κ1) is 6.13. The maximum atomic E-state index is 5.61. The van der Waals surface area contributed by atoms with Crippen molar-refractivity contribution in [2.45, 2.75) is 24.9 Å². The van der Waals surface area contributed by atoms with Crippen LogP contribution in [0.1, 0.15) is 19.3 Å². The molecular weight excluding hydrogens is 150 g/mol. The van der Waals surface area contributed by atoms with Gasteiger partial charge in [0.25, 0.3) is 0 Å². The molecule has 3 heteroatoms. The van der Waals surface area contributed by atoms with Crippen LogP contribution in [0.2, 0.25) is 0 Å². The summed E-state index contributed by atoms with van der Waals surface area (Å²) >= 11 is 11.2. The van der Waals surface area contributed by atoms with Crippen LogP contribution in [0.4, 0.5) is 0 Å². The number of halogens is 2. The molecule has 0 amide bonds. The first-order chi connectivity index (χ1) is 3.30. The first-order valence-corrected chi connectivity index (χ1v) is 5.63. The summed E-state index contributed by atoms with van der Waals surface area (Å²) in [5, 5.41) is 0. The van der Waals surface area contributed by atoms with Gasteiger partial charge in [-0.2, -0.15) is 0 Å². The smallest absolute Gasteiger partial charge is 0.0778 e. The fraction of sp³-hybridized carbons (Fsp3) is 1.00. The summed E-state index contributed by atoms with van der Waals surface area (Å²) in [4.78, 5) is 0. The van der Waals surface area contributed by atoms with E-state index in [2.05, 4.69) is 0 Å². The van der Waals surface area contributed by atoms with Crippen molar-refractivity contribution in [3.05, 3.63) is 0 Å². The van der Waals surface area contributed by atoms with E-state index in [1.54, 1.807) is 0 Å². The van der Waals surface area contributed by atoms with Crippen molar-refractivity contribution in [3.8, 4) is 0 Å². The molecule has 0 aliphatic heterocycles. The summed E-state index contributed by atoms with van der Waals surface area (Å²) < 4.78 is 0. The van der Waals surface area contributed by atoms with E-state index in [1.807, 2.05) is 0 Å². The molecule has 0 radical (unpaired) electrons. The van der Waals surface area contributed by atoms with Crippen molar-refractivity contribution in [1.29, 1.82) is 0 Å². The summed E-state index contributed by atoms with van der Waals surface area (Å²) in [5.41, 5.74) is 0.679. The lowest BCUT2D eigenvalue weighted by atomic mass is 10.00. The van der Waals surface area contributed by atoms with Crippen molar-refractivity contribution in [2.24, 2.45) is 0 Å². The number of hydrogen-bond donors (Lipinski definition) is 0. The van der Waals surface area contributed by atoms with Gasteiger partial charge in [-0.1, -0.05) is 28.9 Å². The topological polar surface area (TPSA) is 0 Å². The minimum absolute atomic E-state index is 0.631. The Hall–Kier alpha value is 1.01. The quantitative estimate of drug-likeness (QED) is 0.512. The Kier molecular flexibility index (Phi) is 2.21. The fourth-order valence-corrected chi connectivity index (χ4v) is 2.51. The van der Waals surface area contributed by atoms with Gasteiger partial charge < -0.3 is 0 Å². The molecule has 1 saturated carbocycles. The summed E-state index contributed by atoms with van der Waals surface area (Å²) in [6.45, 7) is -0.631. The molecule has 0 aromatic rings. The summed E-state index contributed by atoms with van der Waals surface area (Å²) in [7, 11) is 0. The lowest BCUT2D eigenvalue weighted by Gasteiger charge is -2.25. The third kappa shape index (κ3) is 1.45. The molecule has 0 unspecified atom stereocenters. The lowest BCUT2D eigenvalue weighted by molar-refractivity contribution is 0.519. The molecule has 42 valence electrons. The van der Waals surface area contributed by atoms with Crippen molar-refractivity contribution < 1.29 is 0 Å². The highest BCUT2D eigenvalue weighted by Crippen LogP contribution is 2.58. The molecule has 7 heavy (non-hydrogen) atoms. The Bertz CT molecular complexity index is 60.7. The molecule has 1 fully saturated rings. The summed E-state index contributed by atoms with van der Waals surface area (Å²) in [5.74, 6) is 0. The van der Waals surface area contributed by atoms with Crippen molar-refractivity contribution in [1.82, 2.24) is 0 Å². The van der Waals surface area contributed by atoms with Gasteiger partial charge in [0.2, 0.25) is 0 Å². The van der Waals surface area contributed by atoms with Gasteiger partial charge in [-0.15, -0.1) is 0 Å². The highest BCUT2D eigenvalue weighted by molar-refractivity contribution is 8.04. The standard InChI is InChI=1S/C4H7Cl2P/c5-7(6)4-2-1-3-4/h4H,1-3H2. The Morgan fingerprint density at radius 2 is 1.86 bits per heavy atom. The van der Waals surface area contributed by atoms with Crippen molar-refractivity contribution in [2.75, 3.05) is 0 Å². The van der Waals surface area contributed by atoms with Crippen LogP contribution in [0.3, 0.4) is 0 Å². The van der Waals surface area contributed by atoms with Gasteiger partial charge in [0.05, 0.1) is 6.63 Å². The third-order valence-corrected chi connectivity index (χ3v) is 4.08. The molecule has 0 aromatic carbocycles. The molecule has 0 saturated heterocycles. The van der Waals surface area contributed by atoms with E-state index in [0.29, 0.717) is 5.66 Å². The van der Waals surface area contributed by atoms with E-state index < -0.39 is 6.63 Å². The minimum atomic E-state index is -0.631. The second kappa shape index (κ2) is 2.53. The first-order valence-electron chi connectivity index (χ1n) is 2.41. The van der Waals surface area contributed by atoms with Crippen LogP contribution in [0.15, 0.2) is 0 Å². The van der Waals surface area contributed by atoms with Gasteiger partial charge in [0.1, 0.15) is 0 Å². The van der Waals surface area contributed by atoms with E-state index in [9.17, 15) is 0 Å². The average molecular weight is 157 g/mol. The van der Waals surface area contributed by atoms with Gasteiger partial charge >= 0.3 is 0 Å². The average Bonchev–Trinajstić information content (AvgIpc) is 1.23. The van der Waals surface area contributed by atoms with Crippen LogP contribution in [0, 0.1) is 0 Å². The maximum absolute atomic E-state index is 5.61. The van der Waals surface area contributed by atoms with Crippen LogP contribution in [0.5, 0.6) is 0 Å². The molecule has 0 atom stereocenters. The molecule has 0 heterocycles. The second-order valence-electron chi connectivity index (χ2n) is 1.84. The van der Waals surface area contributed by atoms with Gasteiger partial charge in [-0.25, -0.2) is 0 Å². The molecule has 0 nitrogen and oxygen atoms in total. The fourth-order valence-electron chi connectivity index (χ4n) is 0.582. The lowest BCUT2D eigenvalue weighted by Crippen LogP contribution is -2.11. The van der Waals surface area contributed by atoms with Gasteiger partial charge in [0.15, 0.2) is 0 Å². The van der Waals surface area contributed by atoms with E-state index in [1.165, 1.54) is 19.3 Å². The summed E-state index contributed by atoms with van der Waals surface area (Å²) in [6, 6.07) is 0. The molecular formula is C4H7Cl2P. The number of hydrogen-bond acceptors (Lipinski definition) is 0. The van der Waals surface area contributed by atoms with Crippen LogP contribution in [-0.2, 0) is 0 Å². The molecule has 0 aromatic heterocycles. The maximum Gasteiger partial charge on any atom is 0.0886 e. The molecule has 0 bridgehead atoms. The summed E-state index contributed by atoms with van der Waals surface area (Å²) in [6.07, 6.45) is 3.86. The zero-order valence-corrected chi connectivity index (χ0v) is 6.31. The normalized spacial score (nSPS) is 22.7. The SMILES string of the molecule is ClP(Cl)C1CCC1. The van der Waals surface area contributed by atoms with Crippen LogP contribution in [0.25, 0.3) is 0 Å². The predicted molar refractivity (Wildman–Crippen MR) is 36.3 cm³/mol. The van der Waals surface area contributed by atoms with E-state index >= 15 is 0 Å². The molecule has 0 spiro atoms. The third-order valence-electron chi connectivity index (χ3n) is 1.35. The second-order valence-corrected chi connectivity index (χ2v) is 5.80. The molecule has 1 rings (SSSR count). The molecule has 1 aliphatic carbocycles. The van der Waals surface area contributed by atoms with Crippen LogP contribution in [-0.4, -0.2) is 5.66 Å². The zero-order chi connectivity index (χ0) is 5.28.